The maximum Gasteiger partial charge on any atom is 0.141 e. The van der Waals surface area contributed by atoms with Crippen LogP contribution in [-0.2, 0) is 0 Å². The predicted molar refractivity (Wildman–Crippen MR) is 98.7 cm³/mol. The second-order valence-electron chi connectivity index (χ2n) is 6.07. The lowest BCUT2D eigenvalue weighted by Crippen LogP contribution is -2.20. The van der Waals surface area contributed by atoms with Crippen LogP contribution in [0.3, 0.4) is 0 Å². The van der Waals surface area contributed by atoms with Crippen molar-refractivity contribution >= 4 is 28.9 Å². The molecule has 1 aromatic carbocycles. The third-order valence-corrected chi connectivity index (χ3v) is 5.94. The molecule has 120 valence electrons. The van der Waals surface area contributed by atoms with Gasteiger partial charge in [-0.3, -0.25) is 0 Å². The highest BCUT2D eigenvalue weighted by Crippen LogP contribution is 2.47. The van der Waals surface area contributed by atoms with Gasteiger partial charge >= 0.3 is 0 Å². The van der Waals surface area contributed by atoms with E-state index >= 15 is 0 Å². The number of fused-ring (bicyclic) bond motifs is 1. The Hall–Kier alpha value is -1.16. The Kier molecular flexibility index (Phi) is 4.52. The minimum absolute atomic E-state index is 0.0235. The molecule has 1 aromatic rings. The normalized spacial score (nSPS) is 25.4. The molecule has 0 saturated carbocycles. The van der Waals surface area contributed by atoms with Crippen molar-refractivity contribution in [1.82, 2.24) is 4.90 Å². The molecule has 0 N–H and O–H groups in total. The predicted octanol–water partition coefficient (Wildman–Crippen LogP) is 5.03. The Morgan fingerprint density at radius 1 is 1.26 bits per heavy atom. The number of ether oxygens (including phenoxy) is 1. The maximum absolute atomic E-state index is 6.32. The molecule has 23 heavy (non-hydrogen) atoms. The first kappa shape index (κ1) is 15.4. The smallest absolute Gasteiger partial charge is 0.141 e. The number of allylic oxidation sites excluding steroid dienone is 2. The zero-order valence-corrected chi connectivity index (χ0v) is 14.6. The van der Waals surface area contributed by atoms with Gasteiger partial charge in [0.25, 0.3) is 0 Å². The van der Waals surface area contributed by atoms with Crippen LogP contribution in [0, 0.1) is 0 Å². The molecule has 0 radical (unpaired) electrons. The molecule has 3 aliphatic heterocycles. The lowest BCUT2D eigenvalue weighted by molar-refractivity contribution is 0.346. The fourth-order valence-corrected chi connectivity index (χ4v) is 4.61. The van der Waals surface area contributed by atoms with Gasteiger partial charge in [0.1, 0.15) is 16.2 Å². The molecule has 0 aliphatic carbocycles. The average Bonchev–Trinajstić information content (AvgIpc) is 3.08. The fourth-order valence-electron chi connectivity index (χ4n) is 3.34. The molecule has 4 rings (SSSR count). The van der Waals surface area contributed by atoms with E-state index in [1.165, 1.54) is 42.0 Å². The van der Waals surface area contributed by atoms with Crippen molar-refractivity contribution in [2.45, 2.75) is 24.0 Å². The summed E-state index contributed by atoms with van der Waals surface area (Å²) < 4.78 is 6.03. The van der Waals surface area contributed by atoms with E-state index in [1.807, 2.05) is 24.3 Å². The number of nitrogens with zero attached hydrogens (tertiary/aromatic N) is 1. The molecule has 1 fully saturated rings. The Labute approximate surface area is 146 Å². The Bertz CT molecular complexity index is 688. The zero-order valence-electron chi connectivity index (χ0n) is 13.0. The minimum atomic E-state index is -0.0235. The summed E-state index contributed by atoms with van der Waals surface area (Å²) in [7, 11) is 0. The van der Waals surface area contributed by atoms with Gasteiger partial charge in [-0.15, -0.1) is 11.6 Å². The lowest BCUT2D eigenvalue weighted by Gasteiger charge is -2.27. The quantitative estimate of drug-likeness (QED) is 0.713. The van der Waals surface area contributed by atoms with Crippen LogP contribution in [0.4, 0.5) is 0 Å². The van der Waals surface area contributed by atoms with Crippen LogP contribution in [0.25, 0.3) is 5.57 Å². The number of alkyl halides is 1. The van der Waals surface area contributed by atoms with E-state index < -0.39 is 0 Å². The molecule has 0 spiro atoms. The summed E-state index contributed by atoms with van der Waals surface area (Å²) in [6.07, 6.45) is 10.1. The van der Waals surface area contributed by atoms with Gasteiger partial charge in [0.2, 0.25) is 0 Å². The third-order valence-electron chi connectivity index (χ3n) is 4.49. The first-order chi connectivity index (χ1) is 11.3. The molecule has 1 saturated heterocycles. The summed E-state index contributed by atoms with van der Waals surface area (Å²) in [5.74, 6) is 1.87. The van der Waals surface area contributed by atoms with Crippen LogP contribution in [0.15, 0.2) is 53.2 Å². The molecule has 1 atom stereocenters. The van der Waals surface area contributed by atoms with Crippen molar-refractivity contribution < 1.29 is 4.74 Å². The Balaban J connectivity index is 1.63. The standard InChI is InChI=1S/C19H20ClNOS/c20-18-10-9-17-19(23-18)15(7-5-13-21-11-3-4-12-21)14-6-1-2-8-16(14)22-17/h1-2,6-10,18H,3-5,11-13H2. The molecular weight excluding hydrogens is 326 g/mol. The number of likely N-dealkylation sites (tertiary alicyclic amines) is 1. The second-order valence-corrected chi connectivity index (χ2v) is 7.96. The fraction of sp³-hybridized carbons (Fsp3) is 0.368. The highest BCUT2D eigenvalue weighted by atomic mass is 35.5. The van der Waals surface area contributed by atoms with Crippen LogP contribution in [0.1, 0.15) is 24.8 Å². The number of hydrogen-bond donors (Lipinski definition) is 0. The number of benzene rings is 1. The molecule has 1 unspecified atom stereocenters. The van der Waals surface area contributed by atoms with Crippen molar-refractivity contribution in [2.24, 2.45) is 0 Å². The molecule has 3 heterocycles. The first-order valence-corrected chi connectivity index (χ1v) is 9.56. The SMILES string of the molecule is ClC1C=CC2=C(S1)C(=CCCN1CCCC1)c1ccccc1O2. The minimum Gasteiger partial charge on any atom is -0.456 e. The first-order valence-electron chi connectivity index (χ1n) is 8.24. The summed E-state index contributed by atoms with van der Waals surface area (Å²) in [6, 6.07) is 8.28. The monoisotopic (exact) mass is 345 g/mol. The maximum atomic E-state index is 6.32. The van der Waals surface area contributed by atoms with Gasteiger partial charge in [-0.1, -0.05) is 42.1 Å². The van der Waals surface area contributed by atoms with E-state index in [0.717, 1.165) is 24.5 Å². The lowest BCUT2D eigenvalue weighted by atomic mass is 9.99. The number of para-hydroxylation sites is 1. The molecule has 2 nitrogen and oxygen atoms in total. The van der Waals surface area contributed by atoms with E-state index in [4.69, 9.17) is 16.3 Å². The molecular formula is C19H20ClNOS. The van der Waals surface area contributed by atoms with Crippen molar-refractivity contribution in [2.75, 3.05) is 19.6 Å². The average molecular weight is 346 g/mol. The summed E-state index contributed by atoms with van der Waals surface area (Å²) in [6.45, 7) is 3.63. The summed E-state index contributed by atoms with van der Waals surface area (Å²) in [5.41, 5.74) is 2.46. The summed E-state index contributed by atoms with van der Waals surface area (Å²) in [4.78, 5) is 3.73. The van der Waals surface area contributed by atoms with E-state index in [-0.39, 0.29) is 4.71 Å². The molecule has 4 heteroatoms. The van der Waals surface area contributed by atoms with Crippen molar-refractivity contribution in [3.63, 3.8) is 0 Å². The van der Waals surface area contributed by atoms with Gasteiger partial charge in [0, 0.05) is 12.1 Å². The Morgan fingerprint density at radius 3 is 2.96 bits per heavy atom. The van der Waals surface area contributed by atoms with Crippen LogP contribution < -0.4 is 4.74 Å². The van der Waals surface area contributed by atoms with E-state index in [1.54, 1.807) is 11.8 Å². The molecule has 0 amide bonds. The zero-order chi connectivity index (χ0) is 15.6. The largest absolute Gasteiger partial charge is 0.456 e. The molecule has 0 aromatic heterocycles. The van der Waals surface area contributed by atoms with Crippen molar-refractivity contribution in [3.05, 3.63) is 58.7 Å². The number of thioether (sulfide) groups is 1. The van der Waals surface area contributed by atoms with Gasteiger partial charge in [0.15, 0.2) is 0 Å². The highest BCUT2D eigenvalue weighted by Gasteiger charge is 2.27. The van der Waals surface area contributed by atoms with Crippen LogP contribution in [-0.4, -0.2) is 29.2 Å². The van der Waals surface area contributed by atoms with Gasteiger partial charge in [-0.25, -0.2) is 0 Å². The topological polar surface area (TPSA) is 12.5 Å². The third kappa shape index (κ3) is 3.23. The van der Waals surface area contributed by atoms with E-state index in [9.17, 15) is 0 Å². The summed E-state index contributed by atoms with van der Waals surface area (Å²) in [5, 5.41) is 0. The van der Waals surface area contributed by atoms with Crippen molar-refractivity contribution in [1.29, 1.82) is 0 Å². The number of rotatable bonds is 3. The van der Waals surface area contributed by atoms with Crippen LogP contribution in [0.2, 0.25) is 0 Å². The molecule has 0 bridgehead atoms. The molecule has 3 aliphatic rings. The van der Waals surface area contributed by atoms with Gasteiger partial charge in [0.05, 0.1) is 4.91 Å². The van der Waals surface area contributed by atoms with Gasteiger partial charge < -0.3 is 9.64 Å². The van der Waals surface area contributed by atoms with E-state index in [2.05, 4.69) is 23.1 Å². The van der Waals surface area contributed by atoms with Gasteiger partial charge in [-0.05, 0) is 50.1 Å². The Morgan fingerprint density at radius 2 is 2.09 bits per heavy atom. The highest BCUT2D eigenvalue weighted by molar-refractivity contribution is 8.05. The van der Waals surface area contributed by atoms with Crippen molar-refractivity contribution in [3.8, 4) is 5.75 Å². The van der Waals surface area contributed by atoms with Gasteiger partial charge in [-0.2, -0.15) is 0 Å². The number of halogens is 1. The number of hydrogen-bond acceptors (Lipinski definition) is 3. The van der Waals surface area contributed by atoms with E-state index in [0.29, 0.717) is 0 Å². The summed E-state index contributed by atoms with van der Waals surface area (Å²) >= 11 is 7.99. The van der Waals surface area contributed by atoms with Crippen LogP contribution >= 0.6 is 23.4 Å². The second kappa shape index (κ2) is 6.76. The van der Waals surface area contributed by atoms with Crippen LogP contribution in [0.5, 0.6) is 5.75 Å².